The maximum absolute atomic E-state index is 12.7. The number of amides is 1. The Labute approximate surface area is 180 Å². The van der Waals surface area contributed by atoms with Gasteiger partial charge in [0.05, 0.1) is 22.2 Å². The third-order valence-corrected chi connectivity index (χ3v) is 5.35. The van der Waals surface area contributed by atoms with Crippen LogP contribution in [0.15, 0.2) is 84.9 Å². The van der Waals surface area contributed by atoms with E-state index in [4.69, 9.17) is 9.97 Å². The number of carbonyl (C=O) groups excluding carboxylic acids is 1. The predicted molar refractivity (Wildman–Crippen MR) is 125 cm³/mol. The molecule has 5 nitrogen and oxygen atoms in total. The zero-order valence-electron chi connectivity index (χ0n) is 17.4. The molecule has 0 saturated carbocycles. The summed E-state index contributed by atoms with van der Waals surface area (Å²) in [6, 6.07) is 27.4. The van der Waals surface area contributed by atoms with Crippen molar-refractivity contribution in [3.8, 4) is 11.5 Å². The standard InChI is InChI=1S/C26H22N4O/c1-17(2)30-23-14-7-6-12-20(23)28-25(30)22-16-15-18-11-8-13-21(24(18)27-22)29-26(31)19-9-4-3-5-10-19/h3-17H,1-2H3,(H,29,31). The summed E-state index contributed by atoms with van der Waals surface area (Å²) in [5.41, 5.74) is 4.84. The summed E-state index contributed by atoms with van der Waals surface area (Å²) in [4.78, 5) is 22.5. The minimum Gasteiger partial charge on any atom is -0.320 e. The lowest BCUT2D eigenvalue weighted by molar-refractivity contribution is 0.102. The van der Waals surface area contributed by atoms with Crippen LogP contribution >= 0.6 is 0 Å². The van der Waals surface area contributed by atoms with Crippen LogP contribution in [0.2, 0.25) is 0 Å². The second kappa shape index (κ2) is 7.69. The van der Waals surface area contributed by atoms with E-state index in [-0.39, 0.29) is 11.9 Å². The van der Waals surface area contributed by atoms with Crippen molar-refractivity contribution in [2.45, 2.75) is 19.9 Å². The van der Waals surface area contributed by atoms with E-state index in [2.05, 4.69) is 29.8 Å². The highest BCUT2D eigenvalue weighted by Gasteiger charge is 2.17. The number of fused-ring (bicyclic) bond motifs is 2. The van der Waals surface area contributed by atoms with E-state index >= 15 is 0 Å². The summed E-state index contributed by atoms with van der Waals surface area (Å²) in [5.74, 6) is 0.664. The van der Waals surface area contributed by atoms with Crippen LogP contribution in [0.4, 0.5) is 5.69 Å². The number of aromatic nitrogens is 3. The van der Waals surface area contributed by atoms with Gasteiger partial charge in [0.1, 0.15) is 5.69 Å². The van der Waals surface area contributed by atoms with Gasteiger partial charge >= 0.3 is 0 Å². The topological polar surface area (TPSA) is 59.8 Å². The van der Waals surface area contributed by atoms with Gasteiger partial charge in [-0.25, -0.2) is 9.97 Å². The number of hydrogen-bond donors (Lipinski definition) is 1. The monoisotopic (exact) mass is 406 g/mol. The summed E-state index contributed by atoms with van der Waals surface area (Å²) in [5, 5.41) is 3.98. The van der Waals surface area contributed by atoms with Gasteiger partial charge in [0.15, 0.2) is 5.82 Å². The van der Waals surface area contributed by atoms with Crippen molar-refractivity contribution in [1.82, 2.24) is 14.5 Å². The number of imidazole rings is 1. The van der Waals surface area contributed by atoms with Gasteiger partial charge in [-0.3, -0.25) is 4.79 Å². The van der Waals surface area contributed by atoms with Gasteiger partial charge in [-0.15, -0.1) is 0 Å². The Bertz CT molecular complexity index is 1400. The van der Waals surface area contributed by atoms with Gasteiger partial charge < -0.3 is 9.88 Å². The smallest absolute Gasteiger partial charge is 0.255 e. The van der Waals surface area contributed by atoms with E-state index in [1.54, 1.807) is 12.1 Å². The fourth-order valence-corrected chi connectivity index (χ4v) is 3.90. The SMILES string of the molecule is CC(C)n1c(-c2ccc3cccc(NC(=O)c4ccccc4)c3n2)nc2ccccc21. The van der Waals surface area contributed by atoms with Crippen LogP contribution in [-0.4, -0.2) is 20.4 Å². The van der Waals surface area contributed by atoms with E-state index in [1.165, 1.54) is 0 Å². The van der Waals surface area contributed by atoms with E-state index < -0.39 is 0 Å². The van der Waals surface area contributed by atoms with Crippen LogP contribution in [0.5, 0.6) is 0 Å². The molecule has 0 unspecified atom stereocenters. The average Bonchev–Trinajstić information content (AvgIpc) is 3.19. The zero-order valence-corrected chi connectivity index (χ0v) is 17.4. The molecular formula is C26H22N4O. The minimum atomic E-state index is -0.158. The Morgan fingerprint density at radius 3 is 2.42 bits per heavy atom. The molecule has 1 N–H and O–H groups in total. The summed E-state index contributed by atoms with van der Waals surface area (Å²) in [7, 11) is 0. The van der Waals surface area contributed by atoms with Gasteiger partial charge in [-0.2, -0.15) is 0 Å². The summed E-state index contributed by atoms with van der Waals surface area (Å²) in [6.07, 6.45) is 0. The molecule has 0 atom stereocenters. The second-order valence-corrected chi connectivity index (χ2v) is 7.78. The first-order valence-electron chi connectivity index (χ1n) is 10.4. The summed E-state index contributed by atoms with van der Waals surface area (Å²) >= 11 is 0. The predicted octanol–water partition coefficient (Wildman–Crippen LogP) is 6.08. The van der Waals surface area contributed by atoms with Gasteiger partial charge in [0.25, 0.3) is 5.91 Å². The van der Waals surface area contributed by atoms with Crippen molar-refractivity contribution in [2.24, 2.45) is 0 Å². The molecule has 0 aliphatic heterocycles. The number of nitrogens with one attached hydrogen (secondary N) is 1. The van der Waals surface area contributed by atoms with Crippen LogP contribution in [0.1, 0.15) is 30.2 Å². The lowest BCUT2D eigenvalue weighted by Crippen LogP contribution is -2.12. The molecule has 5 aromatic rings. The fraction of sp³-hybridized carbons (Fsp3) is 0.115. The number of anilines is 1. The second-order valence-electron chi connectivity index (χ2n) is 7.78. The van der Waals surface area contributed by atoms with Crippen molar-refractivity contribution in [2.75, 3.05) is 5.32 Å². The van der Waals surface area contributed by atoms with Crippen LogP contribution in [0, 0.1) is 0 Å². The fourth-order valence-electron chi connectivity index (χ4n) is 3.90. The van der Waals surface area contributed by atoms with Crippen LogP contribution < -0.4 is 5.32 Å². The van der Waals surface area contributed by atoms with Gasteiger partial charge in [0.2, 0.25) is 0 Å². The van der Waals surface area contributed by atoms with Crippen LogP contribution in [0.25, 0.3) is 33.5 Å². The van der Waals surface area contributed by atoms with Gasteiger partial charge in [-0.05, 0) is 50.2 Å². The van der Waals surface area contributed by atoms with E-state index in [0.717, 1.165) is 33.5 Å². The molecule has 152 valence electrons. The molecule has 1 amide bonds. The maximum atomic E-state index is 12.7. The highest BCUT2D eigenvalue weighted by molar-refractivity contribution is 6.08. The van der Waals surface area contributed by atoms with E-state index in [1.807, 2.05) is 66.7 Å². The Morgan fingerprint density at radius 1 is 0.839 bits per heavy atom. The first-order chi connectivity index (χ1) is 15.1. The lowest BCUT2D eigenvalue weighted by Gasteiger charge is -2.14. The molecule has 2 heterocycles. The maximum Gasteiger partial charge on any atom is 0.255 e. The number of rotatable bonds is 4. The molecule has 0 aliphatic rings. The molecule has 0 spiro atoms. The van der Waals surface area contributed by atoms with Crippen molar-refractivity contribution >= 4 is 33.5 Å². The molecule has 31 heavy (non-hydrogen) atoms. The quantitative estimate of drug-likeness (QED) is 0.393. The first-order valence-corrected chi connectivity index (χ1v) is 10.4. The van der Waals surface area contributed by atoms with E-state index in [0.29, 0.717) is 11.3 Å². The lowest BCUT2D eigenvalue weighted by atomic mass is 10.1. The number of benzene rings is 3. The molecule has 2 aromatic heterocycles. The molecule has 3 aromatic carbocycles. The molecule has 0 radical (unpaired) electrons. The molecule has 0 fully saturated rings. The highest BCUT2D eigenvalue weighted by atomic mass is 16.1. The Hall–Kier alpha value is -3.99. The van der Waals surface area contributed by atoms with Gasteiger partial charge in [0, 0.05) is 17.0 Å². The summed E-state index contributed by atoms with van der Waals surface area (Å²) in [6.45, 7) is 4.29. The average molecular weight is 406 g/mol. The number of hydrogen-bond acceptors (Lipinski definition) is 3. The summed E-state index contributed by atoms with van der Waals surface area (Å²) < 4.78 is 2.20. The number of pyridine rings is 1. The number of para-hydroxylation sites is 3. The number of nitrogens with zero attached hydrogens (tertiary/aromatic N) is 3. The van der Waals surface area contributed by atoms with Crippen molar-refractivity contribution in [3.63, 3.8) is 0 Å². The van der Waals surface area contributed by atoms with E-state index in [9.17, 15) is 4.79 Å². The third-order valence-electron chi connectivity index (χ3n) is 5.35. The Kier molecular flexibility index (Phi) is 4.71. The van der Waals surface area contributed by atoms with Crippen molar-refractivity contribution in [3.05, 3.63) is 90.5 Å². The molecule has 0 saturated heterocycles. The number of carbonyl (C=O) groups is 1. The van der Waals surface area contributed by atoms with Gasteiger partial charge in [-0.1, -0.05) is 48.5 Å². The Morgan fingerprint density at radius 2 is 1.61 bits per heavy atom. The largest absolute Gasteiger partial charge is 0.320 e. The van der Waals surface area contributed by atoms with Crippen LogP contribution in [0.3, 0.4) is 0 Å². The highest BCUT2D eigenvalue weighted by Crippen LogP contribution is 2.30. The minimum absolute atomic E-state index is 0.158. The van der Waals surface area contributed by atoms with Crippen LogP contribution in [-0.2, 0) is 0 Å². The molecule has 0 bridgehead atoms. The molecule has 5 heteroatoms. The Balaban J connectivity index is 1.63. The van der Waals surface area contributed by atoms with Crippen molar-refractivity contribution in [1.29, 1.82) is 0 Å². The normalized spacial score (nSPS) is 11.3. The first kappa shape index (κ1) is 19.0. The molecule has 5 rings (SSSR count). The zero-order chi connectivity index (χ0) is 21.4. The molecular weight excluding hydrogens is 384 g/mol. The third kappa shape index (κ3) is 3.44. The van der Waals surface area contributed by atoms with Crippen molar-refractivity contribution < 1.29 is 4.79 Å². The molecule has 0 aliphatic carbocycles.